The molecule has 0 aromatic heterocycles. The molecule has 0 radical (unpaired) electrons. The smallest absolute Gasteiger partial charge is 0.191 e. The van der Waals surface area contributed by atoms with Crippen molar-refractivity contribution in [3.63, 3.8) is 0 Å². The lowest BCUT2D eigenvalue weighted by atomic mass is 10.1. The number of ether oxygens (including phenoxy) is 2. The molecule has 2 rings (SSSR count). The van der Waals surface area contributed by atoms with Gasteiger partial charge in [-0.2, -0.15) is 0 Å². The summed E-state index contributed by atoms with van der Waals surface area (Å²) in [7, 11) is 1.70. The van der Waals surface area contributed by atoms with Gasteiger partial charge in [-0.05, 0) is 38.3 Å². The molecule has 1 unspecified atom stereocenters. The van der Waals surface area contributed by atoms with Crippen LogP contribution in [0.3, 0.4) is 0 Å². The van der Waals surface area contributed by atoms with Crippen molar-refractivity contribution in [3.8, 4) is 5.75 Å². The Labute approximate surface area is 133 Å². The normalized spacial score (nSPS) is 18.3. The molecule has 1 atom stereocenters. The van der Waals surface area contributed by atoms with Gasteiger partial charge < -0.3 is 20.1 Å². The Balaban J connectivity index is 1.96. The largest absolute Gasteiger partial charge is 0.496 e. The predicted molar refractivity (Wildman–Crippen MR) is 89.5 cm³/mol. The van der Waals surface area contributed by atoms with Gasteiger partial charge in [-0.1, -0.05) is 12.1 Å². The van der Waals surface area contributed by atoms with Crippen molar-refractivity contribution >= 4 is 5.96 Å². The third kappa shape index (κ3) is 4.91. The van der Waals surface area contributed by atoms with Crippen LogP contribution in [-0.4, -0.2) is 38.9 Å². The highest BCUT2D eigenvalue weighted by molar-refractivity contribution is 5.79. The molecule has 1 aromatic rings. The van der Waals surface area contributed by atoms with Crippen LogP contribution in [0.4, 0.5) is 0 Å². The van der Waals surface area contributed by atoms with E-state index in [1.165, 1.54) is 5.56 Å². The van der Waals surface area contributed by atoms with Crippen LogP contribution in [0.5, 0.6) is 5.75 Å². The van der Waals surface area contributed by atoms with Gasteiger partial charge in [0.1, 0.15) is 5.75 Å². The van der Waals surface area contributed by atoms with Gasteiger partial charge in [-0.3, -0.25) is 0 Å². The summed E-state index contributed by atoms with van der Waals surface area (Å²) < 4.78 is 11.1. The van der Waals surface area contributed by atoms with Crippen LogP contribution >= 0.6 is 0 Å². The van der Waals surface area contributed by atoms with Gasteiger partial charge in [0, 0.05) is 25.3 Å². The number of guanidine groups is 1. The van der Waals surface area contributed by atoms with Crippen LogP contribution in [0.1, 0.15) is 30.9 Å². The molecule has 1 aliphatic rings. The lowest BCUT2D eigenvalue weighted by Crippen LogP contribution is -2.41. The Bertz CT molecular complexity index is 497. The monoisotopic (exact) mass is 305 g/mol. The van der Waals surface area contributed by atoms with Crippen molar-refractivity contribution < 1.29 is 9.47 Å². The number of benzene rings is 1. The fraction of sp³-hybridized carbons (Fsp3) is 0.588. The summed E-state index contributed by atoms with van der Waals surface area (Å²) in [5.41, 5.74) is 2.27. The second kappa shape index (κ2) is 8.63. The van der Waals surface area contributed by atoms with E-state index in [4.69, 9.17) is 9.47 Å². The minimum atomic E-state index is 0.303. The number of hydrogen-bond donors (Lipinski definition) is 2. The standard InChI is InChI=1S/C17H27N3O2/c1-4-18-17(20-12-15-6-5-9-22-15)19-11-14-8-7-13(2)10-16(14)21-3/h7-8,10,15H,4-6,9,11-12H2,1-3H3,(H2,18,19,20). The van der Waals surface area contributed by atoms with Gasteiger partial charge in [0.05, 0.1) is 19.8 Å². The number of rotatable bonds is 6. The number of methoxy groups -OCH3 is 1. The van der Waals surface area contributed by atoms with Crippen LogP contribution in [0.2, 0.25) is 0 Å². The van der Waals surface area contributed by atoms with E-state index in [-0.39, 0.29) is 0 Å². The van der Waals surface area contributed by atoms with Crippen molar-refractivity contribution in [2.24, 2.45) is 4.99 Å². The first-order chi connectivity index (χ1) is 10.7. The van der Waals surface area contributed by atoms with E-state index in [0.717, 1.165) is 49.8 Å². The lowest BCUT2D eigenvalue weighted by Gasteiger charge is -2.15. The zero-order valence-electron chi connectivity index (χ0n) is 13.8. The molecule has 0 bridgehead atoms. The summed E-state index contributed by atoms with van der Waals surface area (Å²) in [5, 5.41) is 6.62. The highest BCUT2D eigenvalue weighted by Gasteiger charge is 2.15. The Hall–Kier alpha value is -1.75. The number of aryl methyl sites for hydroxylation is 1. The van der Waals surface area contributed by atoms with Crippen molar-refractivity contribution in [3.05, 3.63) is 29.3 Å². The zero-order valence-corrected chi connectivity index (χ0v) is 13.8. The topological polar surface area (TPSA) is 54.9 Å². The Morgan fingerprint density at radius 1 is 1.41 bits per heavy atom. The van der Waals surface area contributed by atoms with E-state index in [1.54, 1.807) is 7.11 Å². The molecule has 0 aliphatic carbocycles. The predicted octanol–water partition coefficient (Wildman–Crippen LogP) is 2.24. The maximum absolute atomic E-state index is 5.63. The van der Waals surface area contributed by atoms with Crippen LogP contribution in [-0.2, 0) is 11.3 Å². The van der Waals surface area contributed by atoms with Gasteiger partial charge in [-0.15, -0.1) is 0 Å². The van der Waals surface area contributed by atoms with Crippen LogP contribution < -0.4 is 15.4 Å². The Morgan fingerprint density at radius 3 is 2.95 bits per heavy atom. The molecule has 1 aromatic carbocycles. The average Bonchev–Trinajstić information content (AvgIpc) is 3.04. The first kappa shape index (κ1) is 16.6. The molecule has 2 N–H and O–H groups in total. The third-order valence-corrected chi connectivity index (χ3v) is 3.72. The molecule has 5 nitrogen and oxygen atoms in total. The molecular weight excluding hydrogens is 278 g/mol. The van der Waals surface area contributed by atoms with Crippen molar-refractivity contribution in [1.29, 1.82) is 0 Å². The number of nitrogens with one attached hydrogen (secondary N) is 2. The molecule has 1 saturated heterocycles. The van der Waals surface area contributed by atoms with Gasteiger partial charge in [0.15, 0.2) is 5.96 Å². The zero-order chi connectivity index (χ0) is 15.8. The van der Waals surface area contributed by atoms with E-state index in [9.17, 15) is 0 Å². The van der Waals surface area contributed by atoms with Gasteiger partial charge in [-0.25, -0.2) is 4.99 Å². The fourth-order valence-corrected chi connectivity index (χ4v) is 2.50. The molecule has 5 heteroatoms. The lowest BCUT2D eigenvalue weighted by molar-refractivity contribution is 0.114. The van der Waals surface area contributed by atoms with E-state index >= 15 is 0 Å². The fourth-order valence-electron chi connectivity index (χ4n) is 2.50. The van der Waals surface area contributed by atoms with Gasteiger partial charge >= 0.3 is 0 Å². The first-order valence-electron chi connectivity index (χ1n) is 8.00. The molecule has 0 amide bonds. The molecule has 22 heavy (non-hydrogen) atoms. The second-order valence-electron chi connectivity index (χ2n) is 5.53. The minimum Gasteiger partial charge on any atom is -0.496 e. The maximum atomic E-state index is 5.63. The molecular formula is C17H27N3O2. The third-order valence-electron chi connectivity index (χ3n) is 3.72. The summed E-state index contributed by atoms with van der Waals surface area (Å²) in [5.74, 6) is 1.71. The van der Waals surface area contributed by atoms with Crippen molar-refractivity contribution in [1.82, 2.24) is 10.6 Å². The summed E-state index contributed by atoms with van der Waals surface area (Å²) >= 11 is 0. The number of hydrogen-bond acceptors (Lipinski definition) is 3. The average molecular weight is 305 g/mol. The van der Waals surface area contributed by atoms with Crippen LogP contribution in [0, 0.1) is 6.92 Å². The maximum Gasteiger partial charge on any atom is 0.191 e. The van der Waals surface area contributed by atoms with Crippen LogP contribution in [0.15, 0.2) is 23.2 Å². The summed E-state index contributed by atoms with van der Waals surface area (Å²) in [4.78, 5) is 4.64. The van der Waals surface area contributed by atoms with Crippen molar-refractivity contribution in [2.45, 2.75) is 39.3 Å². The molecule has 0 spiro atoms. The summed E-state index contributed by atoms with van der Waals surface area (Å²) in [6.07, 6.45) is 2.58. The minimum absolute atomic E-state index is 0.303. The van der Waals surface area contributed by atoms with Gasteiger partial charge in [0.25, 0.3) is 0 Å². The van der Waals surface area contributed by atoms with E-state index in [1.807, 2.05) is 6.07 Å². The quantitative estimate of drug-likeness (QED) is 0.625. The molecule has 1 fully saturated rings. The van der Waals surface area contributed by atoms with Gasteiger partial charge in [0.2, 0.25) is 0 Å². The second-order valence-corrected chi connectivity index (χ2v) is 5.53. The Morgan fingerprint density at radius 2 is 2.27 bits per heavy atom. The SMILES string of the molecule is CCNC(=NCc1ccc(C)cc1OC)NCC1CCCO1. The number of aliphatic imine (C=N–C) groups is 1. The Kier molecular flexibility index (Phi) is 6.52. The highest BCUT2D eigenvalue weighted by Crippen LogP contribution is 2.20. The molecule has 1 heterocycles. The van der Waals surface area contributed by atoms with E-state index < -0.39 is 0 Å². The van der Waals surface area contributed by atoms with E-state index in [0.29, 0.717) is 12.6 Å². The summed E-state index contributed by atoms with van der Waals surface area (Å²) in [6, 6.07) is 6.19. The molecule has 122 valence electrons. The highest BCUT2D eigenvalue weighted by atomic mass is 16.5. The van der Waals surface area contributed by atoms with E-state index in [2.05, 4.69) is 41.6 Å². The first-order valence-corrected chi connectivity index (χ1v) is 8.00. The summed E-state index contributed by atoms with van der Waals surface area (Å²) in [6.45, 7) is 7.22. The molecule has 0 saturated carbocycles. The van der Waals surface area contributed by atoms with Crippen LogP contribution in [0.25, 0.3) is 0 Å². The van der Waals surface area contributed by atoms with Crippen molar-refractivity contribution in [2.75, 3.05) is 26.8 Å². The molecule has 1 aliphatic heterocycles. The number of nitrogens with zero attached hydrogens (tertiary/aromatic N) is 1.